The van der Waals surface area contributed by atoms with Crippen LogP contribution < -0.4 is 4.90 Å². The van der Waals surface area contributed by atoms with Gasteiger partial charge in [0.2, 0.25) is 0 Å². The molecule has 0 amide bonds. The Morgan fingerprint density at radius 3 is 2.56 bits per heavy atom. The van der Waals surface area contributed by atoms with E-state index in [1.165, 1.54) is 0 Å². The van der Waals surface area contributed by atoms with Gasteiger partial charge >= 0.3 is 0 Å². The van der Waals surface area contributed by atoms with Crippen molar-refractivity contribution >= 4 is 5.69 Å². The van der Waals surface area contributed by atoms with Crippen molar-refractivity contribution in [2.45, 2.75) is 45.5 Å². The van der Waals surface area contributed by atoms with Crippen LogP contribution in [0.1, 0.15) is 39.0 Å². The van der Waals surface area contributed by atoms with Gasteiger partial charge in [0.1, 0.15) is 0 Å². The molecule has 0 spiro atoms. The molecule has 0 bridgehead atoms. The third-order valence-corrected chi connectivity index (χ3v) is 3.28. The lowest BCUT2D eigenvalue weighted by Crippen LogP contribution is -2.45. The van der Waals surface area contributed by atoms with Crippen molar-refractivity contribution in [3.8, 4) is 0 Å². The van der Waals surface area contributed by atoms with E-state index in [1.807, 2.05) is 25.3 Å². The van der Waals surface area contributed by atoms with Crippen LogP contribution in [0.2, 0.25) is 0 Å². The summed E-state index contributed by atoms with van der Waals surface area (Å²) in [6.07, 6.45) is 2.57. The van der Waals surface area contributed by atoms with Gasteiger partial charge in [-0.3, -0.25) is 4.98 Å². The van der Waals surface area contributed by atoms with Gasteiger partial charge in [-0.15, -0.1) is 0 Å². The number of morpholine rings is 1. The number of pyridine rings is 1. The molecule has 100 valence electrons. The molecule has 4 nitrogen and oxygen atoms in total. The average molecular weight is 250 g/mol. The van der Waals surface area contributed by atoms with E-state index < -0.39 is 6.10 Å². The summed E-state index contributed by atoms with van der Waals surface area (Å²) in [6.45, 7) is 7.91. The second-order valence-electron chi connectivity index (χ2n) is 5.03. The Morgan fingerprint density at radius 1 is 1.39 bits per heavy atom. The van der Waals surface area contributed by atoms with E-state index in [1.54, 1.807) is 0 Å². The summed E-state index contributed by atoms with van der Waals surface area (Å²) in [7, 11) is 0. The molecule has 0 radical (unpaired) electrons. The van der Waals surface area contributed by atoms with Crippen LogP contribution in [0.15, 0.2) is 18.3 Å². The van der Waals surface area contributed by atoms with Crippen molar-refractivity contribution in [2.24, 2.45) is 0 Å². The van der Waals surface area contributed by atoms with Crippen LogP contribution in [-0.2, 0) is 4.74 Å². The molecule has 2 rings (SSSR count). The number of anilines is 1. The van der Waals surface area contributed by atoms with Crippen LogP contribution in [-0.4, -0.2) is 35.4 Å². The molecule has 1 saturated heterocycles. The van der Waals surface area contributed by atoms with E-state index in [0.29, 0.717) is 6.42 Å². The van der Waals surface area contributed by atoms with Gasteiger partial charge in [0.25, 0.3) is 0 Å². The van der Waals surface area contributed by atoms with E-state index in [-0.39, 0.29) is 12.2 Å². The predicted molar refractivity (Wildman–Crippen MR) is 71.7 cm³/mol. The normalized spacial score (nSPS) is 26.1. The van der Waals surface area contributed by atoms with Crippen molar-refractivity contribution < 1.29 is 9.84 Å². The molecule has 0 aromatic carbocycles. The lowest BCUT2D eigenvalue weighted by atomic mass is 10.1. The van der Waals surface area contributed by atoms with Gasteiger partial charge in [0, 0.05) is 13.1 Å². The van der Waals surface area contributed by atoms with Gasteiger partial charge in [-0.25, -0.2) is 0 Å². The van der Waals surface area contributed by atoms with Crippen LogP contribution in [0.5, 0.6) is 0 Å². The van der Waals surface area contributed by atoms with Gasteiger partial charge in [0.05, 0.1) is 35.9 Å². The Morgan fingerprint density at radius 2 is 2.06 bits per heavy atom. The minimum absolute atomic E-state index is 0.245. The average Bonchev–Trinajstić information content (AvgIpc) is 2.37. The molecule has 4 heteroatoms. The smallest absolute Gasteiger partial charge is 0.0957 e. The van der Waals surface area contributed by atoms with Crippen molar-refractivity contribution in [1.29, 1.82) is 0 Å². The summed E-state index contributed by atoms with van der Waals surface area (Å²) in [5.41, 5.74) is 1.85. The summed E-state index contributed by atoms with van der Waals surface area (Å²) in [4.78, 5) is 6.63. The molecule has 1 fully saturated rings. The molecule has 1 N–H and O–H groups in total. The molecule has 1 aromatic rings. The van der Waals surface area contributed by atoms with Crippen LogP contribution in [0.3, 0.4) is 0 Å². The highest BCUT2D eigenvalue weighted by atomic mass is 16.5. The van der Waals surface area contributed by atoms with E-state index in [9.17, 15) is 5.11 Å². The van der Waals surface area contributed by atoms with E-state index in [0.717, 1.165) is 24.5 Å². The summed E-state index contributed by atoms with van der Waals surface area (Å²) in [6, 6.07) is 3.94. The molecule has 2 heterocycles. The standard InChI is InChI=1S/C14H22N2O2/c1-4-14(17)13-6-5-12(7-15-13)16-8-10(2)18-11(3)9-16/h5-7,10-11,14,17H,4,8-9H2,1-3H3/t10?,11?,14-/m1/s1. The minimum Gasteiger partial charge on any atom is -0.387 e. The highest BCUT2D eigenvalue weighted by molar-refractivity contribution is 5.45. The molecular formula is C14H22N2O2. The topological polar surface area (TPSA) is 45.6 Å². The van der Waals surface area contributed by atoms with Gasteiger partial charge in [-0.2, -0.15) is 0 Å². The van der Waals surface area contributed by atoms with Gasteiger partial charge < -0.3 is 14.7 Å². The number of aliphatic hydroxyl groups excluding tert-OH is 1. The molecule has 3 atom stereocenters. The fourth-order valence-corrected chi connectivity index (χ4v) is 2.38. The third kappa shape index (κ3) is 3.00. The molecule has 0 saturated carbocycles. The van der Waals surface area contributed by atoms with Crippen LogP contribution in [0.25, 0.3) is 0 Å². The van der Waals surface area contributed by atoms with E-state index >= 15 is 0 Å². The van der Waals surface area contributed by atoms with Gasteiger partial charge in [-0.05, 0) is 32.4 Å². The fraction of sp³-hybridized carbons (Fsp3) is 0.643. The van der Waals surface area contributed by atoms with Crippen molar-refractivity contribution in [3.05, 3.63) is 24.0 Å². The van der Waals surface area contributed by atoms with Crippen molar-refractivity contribution in [3.63, 3.8) is 0 Å². The molecule has 2 unspecified atom stereocenters. The third-order valence-electron chi connectivity index (χ3n) is 3.28. The highest BCUT2D eigenvalue weighted by Gasteiger charge is 2.22. The molecule has 18 heavy (non-hydrogen) atoms. The second kappa shape index (κ2) is 5.67. The SMILES string of the molecule is CC[C@@H](O)c1ccc(N2CC(C)OC(C)C2)cn1. The van der Waals surface area contributed by atoms with Crippen LogP contribution in [0, 0.1) is 0 Å². The Balaban J connectivity index is 2.09. The van der Waals surface area contributed by atoms with Crippen LogP contribution in [0.4, 0.5) is 5.69 Å². The summed E-state index contributed by atoms with van der Waals surface area (Å²) in [5, 5.41) is 9.72. The largest absolute Gasteiger partial charge is 0.387 e. The van der Waals surface area contributed by atoms with Crippen molar-refractivity contribution in [1.82, 2.24) is 4.98 Å². The zero-order valence-corrected chi connectivity index (χ0v) is 11.3. The first-order valence-corrected chi connectivity index (χ1v) is 6.64. The Labute approximate surface area is 109 Å². The predicted octanol–water partition coefficient (Wildman–Crippen LogP) is 2.14. The number of nitrogens with zero attached hydrogens (tertiary/aromatic N) is 2. The quantitative estimate of drug-likeness (QED) is 0.892. The maximum Gasteiger partial charge on any atom is 0.0957 e. The lowest BCUT2D eigenvalue weighted by molar-refractivity contribution is -0.00524. The number of ether oxygens (including phenoxy) is 1. The van der Waals surface area contributed by atoms with Gasteiger partial charge in [0.15, 0.2) is 0 Å². The van der Waals surface area contributed by atoms with Gasteiger partial charge in [-0.1, -0.05) is 6.92 Å². The monoisotopic (exact) mass is 250 g/mol. The first-order valence-electron chi connectivity index (χ1n) is 6.64. The Bertz CT molecular complexity index is 370. The molecular weight excluding hydrogens is 228 g/mol. The van der Waals surface area contributed by atoms with E-state index in [4.69, 9.17) is 4.74 Å². The molecule has 0 aliphatic carbocycles. The number of rotatable bonds is 3. The second-order valence-corrected chi connectivity index (χ2v) is 5.03. The number of hydrogen-bond donors (Lipinski definition) is 1. The zero-order valence-electron chi connectivity index (χ0n) is 11.3. The maximum atomic E-state index is 9.72. The Hall–Kier alpha value is -1.13. The van der Waals surface area contributed by atoms with Crippen LogP contribution >= 0.6 is 0 Å². The van der Waals surface area contributed by atoms with Crippen molar-refractivity contribution in [2.75, 3.05) is 18.0 Å². The highest BCUT2D eigenvalue weighted by Crippen LogP contribution is 2.21. The summed E-state index contributed by atoms with van der Waals surface area (Å²) in [5.74, 6) is 0. The minimum atomic E-state index is -0.457. The summed E-state index contributed by atoms with van der Waals surface area (Å²) >= 11 is 0. The summed E-state index contributed by atoms with van der Waals surface area (Å²) < 4.78 is 5.72. The lowest BCUT2D eigenvalue weighted by Gasteiger charge is -2.36. The first-order chi connectivity index (χ1) is 8.60. The molecule has 1 aliphatic rings. The molecule has 1 aromatic heterocycles. The number of aromatic nitrogens is 1. The molecule has 1 aliphatic heterocycles. The van der Waals surface area contributed by atoms with E-state index in [2.05, 4.69) is 23.7 Å². The first kappa shape index (κ1) is 13.3. The Kier molecular flexibility index (Phi) is 4.19. The maximum absolute atomic E-state index is 9.72. The number of hydrogen-bond acceptors (Lipinski definition) is 4. The fourth-order valence-electron chi connectivity index (χ4n) is 2.38. The zero-order chi connectivity index (χ0) is 13.1. The number of aliphatic hydroxyl groups is 1.